The van der Waals surface area contributed by atoms with E-state index >= 15 is 0 Å². The molecule has 1 aromatic carbocycles. The Kier molecular flexibility index (Phi) is 3.35. The quantitative estimate of drug-likeness (QED) is 0.754. The van der Waals surface area contributed by atoms with E-state index in [1.807, 2.05) is 13.0 Å². The van der Waals surface area contributed by atoms with Crippen LogP contribution in [0.4, 0.5) is 5.69 Å². The molecule has 2 rings (SSSR count). The highest BCUT2D eigenvalue weighted by molar-refractivity contribution is 6.52. The van der Waals surface area contributed by atoms with Crippen molar-refractivity contribution in [2.75, 3.05) is 11.4 Å². The molecular weight excluding hydrogens is 248 g/mol. The van der Waals surface area contributed by atoms with Gasteiger partial charge in [-0.25, -0.2) is 0 Å². The molecule has 0 aromatic heterocycles. The molecular formula is C13H14N2O4. The van der Waals surface area contributed by atoms with Gasteiger partial charge in [0.05, 0.1) is 17.8 Å². The van der Waals surface area contributed by atoms with Gasteiger partial charge < -0.3 is 15.7 Å². The number of nitrogens with zero attached hydrogens (tertiary/aromatic N) is 1. The van der Waals surface area contributed by atoms with Crippen LogP contribution >= 0.6 is 0 Å². The molecule has 1 heterocycles. The van der Waals surface area contributed by atoms with E-state index in [0.29, 0.717) is 11.3 Å². The van der Waals surface area contributed by atoms with Crippen molar-refractivity contribution in [3.63, 3.8) is 0 Å². The lowest BCUT2D eigenvalue weighted by Gasteiger charge is -2.18. The number of aliphatic carboxylic acids is 1. The molecule has 1 amide bonds. The normalized spacial score (nSPS) is 15.6. The van der Waals surface area contributed by atoms with Gasteiger partial charge in [0.2, 0.25) is 0 Å². The Morgan fingerprint density at radius 3 is 2.68 bits per heavy atom. The number of aryl methyl sites for hydroxylation is 1. The van der Waals surface area contributed by atoms with Crippen LogP contribution in [0.5, 0.6) is 0 Å². The summed E-state index contributed by atoms with van der Waals surface area (Å²) < 4.78 is 0. The number of carboxylic acid groups (broad SMARTS) is 1. The van der Waals surface area contributed by atoms with Gasteiger partial charge >= 0.3 is 5.97 Å². The standard InChI is InChI=1S/C13H14N2O4/c1-2-7-3-4-10-8(5-7)11(16)12(17)15(10)6-9(14)13(18)19/h3-5,9H,2,6,14H2,1H3,(H,18,19). The topological polar surface area (TPSA) is 101 Å². The molecule has 1 atom stereocenters. The number of carbonyl (C=O) groups is 3. The highest BCUT2D eigenvalue weighted by atomic mass is 16.4. The summed E-state index contributed by atoms with van der Waals surface area (Å²) in [6.07, 6.45) is 0.753. The number of rotatable bonds is 4. The average molecular weight is 262 g/mol. The van der Waals surface area contributed by atoms with Gasteiger partial charge in [0, 0.05) is 0 Å². The van der Waals surface area contributed by atoms with E-state index < -0.39 is 23.7 Å². The van der Waals surface area contributed by atoms with Crippen LogP contribution in [0.1, 0.15) is 22.8 Å². The van der Waals surface area contributed by atoms with Crippen LogP contribution in [0.15, 0.2) is 18.2 Å². The molecule has 6 heteroatoms. The molecule has 0 saturated heterocycles. The first-order valence-corrected chi connectivity index (χ1v) is 5.93. The van der Waals surface area contributed by atoms with Crippen molar-refractivity contribution in [1.29, 1.82) is 0 Å². The summed E-state index contributed by atoms with van der Waals surface area (Å²) in [7, 11) is 0. The third-order valence-corrected chi connectivity index (χ3v) is 3.14. The van der Waals surface area contributed by atoms with Gasteiger partial charge in [0.25, 0.3) is 11.7 Å². The summed E-state index contributed by atoms with van der Waals surface area (Å²) >= 11 is 0. The molecule has 1 aliphatic rings. The highest BCUT2D eigenvalue weighted by Crippen LogP contribution is 2.29. The van der Waals surface area contributed by atoms with Gasteiger partial charge in [0.1, 0.15) is 6.04 Å². The number of anilines is 1. The first kappa shape index (κ1) is 13.2. The van der Waals surface area contributed by atoms with E-state index in [1.165, 1.54) is 0 Å². The number of hydrogen-bond acceptors (Lipinski definition) is 4. The molecule has 1 aromatic rings. The van der Waals surface area contributed by atoms with Crippen LogP contribution in [0.3, 0.4) is 0 Å². The molecule has 0 aliphatic carbocycles. The van der Waals surface area contributed by atoms with Crippen molar-refractivity contribution >= 4 is 23.3 Å². The summed E-state index contributed by atoms with van der Waals surface area (Å²) in [4.78, 5) is 35.6. The van der Waals surface area contributed by atoms with Crippen molar-refractivity contribution in [1.82, 2.24) is 0 Å². The first-order valence-electron chi connectivity index (χ1n) is 5.93. The molecule has 100 valence electrons. The van der Waals surface area contributed by atoms with Crippen LogP contribution in [0.25, 0.3) is 0 Å². The second-order valence-corrected chi connectivity index (χ2v) is 4.39. The van der Waals surface area contributed by atoms with E-state index in [0.717, 1.165) is 16.9 Å². The van der Waals surface area contributed by atoms with Gasteiger partial charge in [-0.2, -0.15) is 0 Å². The van der Waals surface area contributed by atoms with Crippen molar-refractivity contribution in [2.45, 2.75) is 19.4 Å². The maximum Gasteiger partial charge on any atom is 0.322 e. The van der Waals surface area contributed by atoms with Gasteiger partial charge in [-0.15, -0.1) is 0 Å². The Labute approximate surface area is 109 Å². The Balaban J connectivity index is 2.37. The van der Waals surface area contributed by atoms with Crippen molar-refractivity contribution in [2.24, 2.45) is 5.73 Å². The number of ketones is 1. The Hall–Kier alpha value is -2.21. The average Bonchev–Trinajstić information content (AvgIpc) is 2.63. The van der Waals surface area contributed by atoms with Crippen LogP contribution in [0, 0.1) is 0 Å². The molecule has 0 fully saturated rings. The van der Waals surface area contributed by atoms with Crippen LogP contribution in [-0.4, -0.2) is 35.4 Å². The zero-order valence-corrected chi connectivity index (χ0v) is 10.4. The molecule has 1 aliphatic heterocycles. The molecule has 0 bridgehead atoms. The van der Waals surface area contributed by atoms with Crippen LogP contribution in [-0.2, 0) is 16.0 Å². The lowest BCUT2D eigenvalue weighted by Crippen LogP contribution is -2.44. The molecule has 0 radical (unpaired) electrons. The number of hydrogen-bond donors (Lipinski definition) is 2. The molecule has 1 unspecified atom stereocenters. The van der Waals surface area contributed by atoms with Crippen LogP contribution < -0.4 is 10.6 Å². The minimum absolute atomic E-state index is 0.210. The van der Waals surface area contributed by atoms with E-state index in [4.69, 9.17) is 10.8 Å². The van der Waals surface area contributed by atoms with E-state index in [9.17, 15) is 14.4 Å². The number of fused-ring (bicyclic) bond motifs is 1. The van der Waals surface area contributed by atoms with Gasteiger partial charge in [-0.3, -0.25) is 14.4 Å². The summed E-state index contributed by atoms with van der Waals surface area (Å²) in [5, 5.41) is 8.78. The summed E-state index contributed by atoms with van der Waals surface area (Å²) in [5.41, 5.74) is 7.12. The van der Waals surface area contributed by atoms with Crippen molar-refractivity contribution in [3.05, 3.63) is 29.3 Å². The van der Waals surface area contributed by atoms with Crippen molar-refractivity contribution < 1.29 is 19.5 Å². The van der Waals surface area contributed by atoms with Crippen molar-refractivity contribution in [3.8, 4) is 0 Å². The third kappa shape index (κ3) is 2.22. The SMILES string of the molecule is CCc1ccc2c(c1)C(=O)C(=O)N2CC(N)C(=O)O. The largest absolute Gasteiger partial charge is 0.480 e. The first-order chi connectivity index (χ1) is 8.95. The predicted molar refractivity (Wildman–Crippen MR) is 68.1 cm³/mol. The number of nitrogens with two attached hydrogens (primary N) is 1. The number of Topliss-reactive ketones (excluding diaryl/α,β-unsaturated/α-hetero) is 1. The van der Waals surface area contributed by atoms with Gasteiger partial charge in [-0.1, -0.05) is 13.0 Å². The number of carbonyl (C=O) groups excluding carboxylic acids is 2. The molecule has 19 heavy (non-hydrogen) atoms. The zero-order chi connectivity index (χ0) is 14.2. The fraction of sp³-hybridized carbons (Fsp3) is 0.308. The molecule has 0 saturated carbocycles. The van der Waals surface area contributed by atoms with E-state index in [2.05, 4.69) is 0 Å². The fourth-order valence-electron chi connectivity index (χ4n) is 2.02. The van der Waals surface area contributed by atoms with E-state index in [1.54, 1.807) is 12.1 Å². The Morgan fingerprint density at radius 2 is 2.11 bits per heavy atom. The van der Waals surface area contributed by atoms with Gasteiger partial charge in [-0.05, 0) is 24.1 Å². The monoisotopic (exact) mass is 262 g/mol. The predicted octanol–water partition coefficient (Wildman–Crippen LogP) is 0.190. The second kappa shape index (κ2) is 4.81. The maximum atomic E-state index is 11.8. The second-order valence-electron chi connectivity index (χ2n) is 4.39. The molecule has 3 N–H and O–H groups in total. The highest BCUT2D eigenvalue weighted by Gasteiger charge is 2.37. The van der Waals surface area contributed by atoms with E-state index in [-0.39, 0.29) is 6.54 Å². The lowest BCUT2D eigenvalue weighted by molar-refractivity contribution is -0.138. The smallest absolute Gasteiger partial charge is 0.322 e. The fourth-order valence-corrected chi connectivity index (χ4v) is 2.02. The minimum atomic E-state index is -1.21. The molecule has 6 nitrogen and oxygen atoms in total. The zero-order valence-electron chi connectivity index (χ0n) is 10.4. The minimum Gasteiger partial charge on any atom is -0.480 e. The number of benzene rings is 1. The Morgan fingerprint density at radius 1 is 1.42 bits per heavy atom. The Bertz CT molecular complexity index is 568. The lowest BCUT2D eigenvalue weighted by atomic mass is 10.1. The van der Waals surface area contributed by atoms with Crippen LogP contribution in [0.2, 0.25) is 0 Å². The maximum absolute atomic E-state index is 11.8. The molecule has 0 spiro atoms. The number of carboxylic acids is 1. The summed E-state index contributed by atoms with van der Waals surface area (Å²) in [5.74, 6) is -2.54. The number of amides is 1. The van der Waals surface area contributed by atoms with Gasteiger partial charge in [0.15, 0.2) is 0 Å². The third-order valence-electron chi connectivity index (χ3n) is 3.14. The summed E-state index contributed by atoms with van der Waals surface area (Å²) in [6, 6.07) is 3.92. The summed E-state index contributed by atoms with van der Waals surface area (Å²) in [6.45, 7) is 1.74.